The molecule has 0 bridgehead atoms. The van der Waals surface area contributed by atoms with E-state index in [1.807, 2.05) is 0 Å². The maximum absolute atomic E-state index is 6.87. The molecule has 0 saturated heterocycles. The minimum absolute atomic E-state index is 0.0336. The zero-order valence-corrected chi connectivity index (χ0v) is 26.3. The van der Waals surface area contributed by atoms with Crippen molar-refractivity contribution in [3.05, 3.63) is 35.9 Å². The molecule has 0 saturated carbocycles. The van der Waals surface area contributed by atoms with Gasteiger partial charge in [0, 0.05) is 14.2 Å². The van der Waals surface area contributed by atoms with E-state index >= 15 is 0 Å². The standard InChI is InChI=1S/C28H54O4Si2/c1-27(2,3)33(9,10)31-22-26(30-8)25(29-7)21-17-16-20-24(23-18-14-13-15-19-23)32-34(11,12)28(4,5)6/h13-15,18-19,24-26H,16-17,20-22H2,1-12H3/t24-,25-,26+/m0/s1. The maximum Gasteiger partial charge on any atom is 0.192 e. The van der Waals surface area contributed by atoms with Crippen LogP contribution in [0.15, 0.2) is 30.3 Å². The van der Waals surface area contributed by atoms with Crippen molar-refractivity contribution in [1.82, 2.24) is 0 Å². The Hall–Kier alpha value is -0.506. The van der Waals surface area contributed by atoms with Crippen molar-refractivity contribution in [2.24, 2.45) is 0 Å². The molecule has 4 nitrogen and oxygen atoms in total. The van der Waals surface area contributed by atoms with E-state index < -0.39 is 16.6 Å². The van der Waals surface area contributed by atoms with Crippen molar-refractivity contribution in [2.45, 2.75) is 122 Å². The van der Waals surface area contributed by atoms with Gasteiger partial charge in [0.15, 0.2) is 16.6 Å². The van der Waals surface area contributed by atoms with Crippen LogP contribution in [0.3, 0.4) is 0 Å². The Morgan fingerprint density at radius 1 is 0.706 bits per heavy atom. The van der Waals surface area contributed by atoms with Gasteiger partial charge in [-0.3, -0.25) is 0 Å². The summed E-state index contributed by atoms with van der Waals surface area (Å²) in [6.45, 7) is 23.6. The third-order valence-electron chi connectivity index (χ3n) is 8.05. The third-order valence-corrected chi connectivity index (χ3v) is 17.0. The number of ether oxygens (including phenoxy) is 2. The van der Waals surface area contributed by atoms with E-state index in [4.69, 9.17) is 18.3 Å². The van der Waals surface area contributed by atoms with Gasteiger partial charge in [0.1, 0.15) is 6.10 Å². The van der Waals surface area contributed by atoms with E-state index in [-0.39, 0.29) is 28.4 Å². The molecule has 0 heterocycles. The summed E-state index contributed by atoms with van der Waals surface area (Å²) in [7, 11) is -0.129. The monoisotopic (exact) mass is 510 g/mol. The van der Waals surface area contributed by atoms with E-state index in [2.05, 4.69) is 98.1 Å². The first-order valence-corrected chi connectivity index (χ1v) is 18.8. The number of benzene rings is 1. The lowest BCUT2D eigenvalue weighted by atomic mass is 10.0. The third kappa shape index (κ3) is 9.51. The highest BCUT2D eigenvalue weighted by atomic mass is 28.4. The summed E-state index contributed by atoms with van der Waals surface area (Å²) in [4.78, 5) is 0. The van der Waals surface area contributed by atoms with Crippen LogP contribution in [0.5, 0.6) is 0 Å². The van der Waals surface area contributed by atoms with Gasteiger partial charge < -0.3 is 18.3 Å². The predicted octanol–water partition coefficient (Wildman–Crippen LogP) is 8.36. The molecule has 198 valence electrons. The largest absolute Gasteiger partial charge is 0.414 e. The van der Waals surface area contributed by atoms with Crippen LogP contribution in [-0.4, -0.2) is 49.7 Å². The van der Waals surface area contributed by atoms with Crippen molar-refractivity contribution >= 4 is 16.6 Å². The molecule has 1 aromatic carbocycles. The number of hydrogen-bond donors (Lipinski definition) is 0. The lowest BCUT2D eigenvalue weighted by Gasteiger charge is -2.39. The number of rotatable bonds is 14. The Balaban J connectivity index is 2.73. The lowest BCUT2D eigenvalue weighted by Crippen LogP contribution is -2.45. The molecule has 34 heavy (non-hydrogen) atoms. The van der Waals surface area contributed by atoms with Crippen LogP contribution in [0, 0.1) is 0 Å². The highest BCUT2D eigenvalue weighted by molar-refractivity contribution is 6.74. The van der Waals surface area contributed by atoms with E-state index in [0.717, 1.165) is 25.7 Å². The first-order chi connectivity index (χ1) is 15.6. The summed E-state index contributed by atoms with van der Waals surface area (Å²) in [5.74, 6) is 0. The van der Waals surface area contributed by atoms with Gasteiger partial charge in [0.2, 0.25) is 0 Å². The SMILES string of the molecule is CO[C@@H](CCCC[C@H](O[Si](C)(C)C(C)(C)C)c1ccccc1)[C@@H](CO[Si](C)(C)C(C)(C)C)OC. The summed E-state index contributed by atoms with van der Waals surface area (Å²) in [6.07, 6.45) is 4.26. The predicted molar refractivity (Wildman–Crippen MR) is 151 cm³/mol. The molecule has 0 fully saturated rings. The second kappa shape index (κ2) is 13.2. The smallest absolute Gasteiger partial charge is 0.192 e. The average molecular weight is 511 g/mol. The van der Waals surface area contributed by atoms with Gasteiger partial charge >= 0.3 is 0 Å². The van der Waals surface area contributed by atoms with Gasteiger partial charge in [-0.25, -0.2) is 0 Å². The molecule has 0 aliphatic heterocycles. The van der Waals surface area contributed by atoms with Crippen LogP contribution in [0.1, 0.15) is 78.9 Å². The molecule has 0 unspecified atom stereocenters. The van der Waals surface area contributed by atoms with Crippen molar-refractivity contribution in [1.29, 1.82) is 0 Å². The first kappa shape index (κ1) is 31.5. The highest BCUT2D eigenvalue weighted by Crippen LogP contribution is 2.41. The summed E-state index contributed by atoms with van der Waals surface area (Å²) in [5, 5.41) is 0.376. The van der Waals surface area contributed by atoms with Crippen molar-refractivity contribution in [3.8, 4) is 0 Å². The Morgan fingerprint density at radius 3 is 1.68 bits per heavy atom. The molecular formula is C28H54O4Si2. The van der Waals surface area contributed by atoms with Crippen LogP contribution in [0.2, 0.25) is 36.3 Å². The maximum atomic E-state index is 6.87. The van der Waals surface area contributed by atoms with Gasteiger partial charge in [0.05, 0.1) is 18.8 Å². The van der Waals surface area contributed by atoms with E-state index in [9.17, 15) is 0 Å². The molecule has 0 radical (unpaired) electrons. The van der Waals surface area contributed by atoms with Crippen molar-refractivity contribution in [3.63, 3.8) is 0 Å². The zero-order chi connectivity index (χ0) is 26.2. The number of hydrogen-bond acceptors (Lipinski definition) is 4. The van der Waals surface area contributed by atoms with E-state index in [1.54, 1.807) is 14.2 Å². The Kier molecular flexibility index (Phi) is 12.2. The summed E-state index contributed by atoms with van der Waals surface area (Å²) in [5.41, 5.74) is 1.29. The molecule has 3 atom stereocenters. The fourth-order valence-corrected chi connectivity index (χ4v) is 5.79. The topological polar surface area (TPSA) is 36.9 Å². The Labute approximate surface area is 213 Å². The molecule has 6 heteroatoms. The summed E-state index contributed by atoms with van der Waals surface area (Å²) >= 11 is 0. The molecule has 1 aromatic rings. The van der Waals surface area contributed by atoms with Crippen LogP contribution in [0.25, 0.3) is 0 Å². The molecule has 1 rings (SSSR count). The van der Waals surface area contributed by atoms with Crippen LogP contribution < -0.4 is 0 Å². The number of unbranched alkanes of at least 4 members (excludes halogenated alkanes) is 1. The van der Waals surface area contributed by atoms with Gasteiger partial charge in [-0.15, -0.1) is 0 Å². The molecule has 0 aliphatic carbocycles. The minimum Gasteiger partial charge on any atom is -0.414 e. The molecular weight excluding hydrogens is 456 g/mol. The Bertz CT molecular complexity index is 693. The molecule has 0 N–H and O–H groups in total. The van der Waals surface area contributed by atoms with Crippen molar-refractivity contribution in [2.75, 3.05) is 20.8 Å². The normalized spacial score (nSPS) is 16.4. The van der Waals surface area contributed by atoms with Crippen molar-refractivity contribution < 1.29 is 18.3 Å². The fourth-order valence-electron chi connectivity index (χ4n) is 3.46. The molecule has 0 aliphatic rings. The zero-order valence-electron chi connectivity index (χ0n) is 24.3. The Morgan fingerprint density at radius 2 is 1.21 bits per heavy atom. The first-order valence-electron chi connectivity index (χ1n) is 13.0. The van der Waals surface area contributed by atoms with Crippen LogP contribution in [-0.2, 0) is 18.3 Å². The van der Waals surface area contributed by atoms with E-state index in [0.29, 0.717) is 6.61 Å². The van der Waals surface area contributed by atoms with Crippen LogP contribution in [0.4, 0.5) is 0 Å². The minimum atomic E-state index is -1.86. The lowest BCUT2D eigenvalue weighted by molar-refractivity contribution is -0.0612. The summed E-state index contributed by atoms with van der Waals surface area (Å²) in [6, 6.07) is 10.7. The molecule has 0 spiro atoms. The van der Waals surface area contributed by atoms with Gasteiger partial charge in [0.25, 0.3) is 0 Å². The fraction of sp³-hybridized carbons (Fsp3) is 0.786. The van der Waals surface area contributed by atoms with Crippen LogP contribution >= 0.6 is 0 Å². The molecule has 0 aromatic heterocycles. The van der Waals surface area contributed by atoms with E-state index in [1.165, 1.54) is 5.56 Å². The second-order valence-electron chi connectivity index (χ2n) is 12.7. The average Bonchev–Trinajstić information content (AvgIpc) is 2.73. The van der Waals surface area contributed by atoms with Gasteiger partial charge in [-0.1, -0.05) is 84.7 Å². The second-order valence-corrected chi connectivity index (χ2v) is 22.2. The highest BCUT2D eigenvalue weighted by Gasteiger charge is 2.40. The van der Waals surface area contributed by atoms with Gasteiger partial charge in [-0.05, 0) is 54.7 Å². The summed E-state index contributed by atoms with van der Waals surface area (Å²) < 4.78 is 25.0. The molecule has 0 amide bonds. The van der Waals surface area contributed by atoms with Gasteiger partial charge in [-0.2, -0.15) is 0 Å². The quantitative estimate of drug-likeness (QED) is 0.186. The number of methoxy groups -OCH3 is 2.